The number of hydrogen-bond donors (Lipinski definition) is 2. The van der Waals surface area contributed by atoms with Crippen LogP contribution in [0.4, 0.5) is 0 Å². The van der Waals surface area contributed by atoms with E-state index in [1.54, 1.807) is 0 Å². The van der Waals surface area contributed by atoms with Crippen LogP contribution in [0.25, 0.3) is 0 Å². The minimum Gasteiger partial charge on any atom is -0.355 e. The molecule has 1 fully saturated rings. The lowest BCUT2D eigenvalue weighted by Gasteiger charge is -2.26. The predicted molar refractivity (Wildman–Crippen MR) is 108 cm³/mol. The largest absolute Gasteiger partial charge is 0.355 e. The summed E-state index contributed by atoms with van der Waals surface area (Å²) in [5, 5.41) is 6.80. The van der Waals surface area contributed by atoms with Gasteiger partial charge in [-0.3, -0.25) is 4.99 Å². The number of nitrogens with one attached hydrogen (secondary N) is 2. The van der Waals surface area contributed by atoms with Gasteiger partial charge in [-0.2, -0.15) is 0 Å². The van der Waals surface area contributed by atoms with Crippen molar-refractivity contribution in [2.75, 3.05) is 33.2 Å². The van der Waals surface area contributed by atoms with E-state index in [1.165, 1.54) is 42.1 Å². The van der Waals surface area contributed by atoms with Crippen LogP contribution in [0.5, 0.6) is 0 Å². The van der Waals surface area contributed by atoms with Crippen molar-refractivity contribution in [1.29, 1.82) is 0 Å². The molecule has 1 aliphatic rings. The molecule has 126 valence electrons. The van der Waals surface area contributed by atoms with E-state index in [0.29, 0.717) is 0 Å². The van der Waals surface area contributed by atoms with E-state index < -0.39 is 0 Å². The number of hydrogen-bond acceptors (Lipinski definition) is 3. The average molecular weight is 436 g/mol. The van der Waals surface area contributed by atoms with Gasteiger partial charge in [0.25, 0.3) is 0 Å². The smallest absolute Gasteiger partial charge is 0.191 e. The molecule has 1 aromatic rings. The van der Waals surface area contributed by atoms with Gasteiger partial charge in [-0.25, -0.2) is 0 Å². The van der Waals surface area contributed by atoms with Crippen molar-refractivity contribution in [3.63, 3.8) is 0 Å². The second-order valence-corrected chi connectivity index (χ2v) is 6.73. The van der Waals surface area contributed by atoms with Gasteiger partial charge in [0.1, 0.15) is 0 Å². The van der Waals surface area contributed by atoms with Gasteiger partial charge in [0.2, 0.25) is 0 Å². The highest BCUT2D eigenvalue weighted by molar-refractivity contribution is 14.0. The van der Waals surface area contributed by atoms with Gasteiger partial charge in [-0.1, -0.05) is 13.3 Å². The Morgan fingerprint density at radius 3 is 2.55 bits per heavy atom. The Bertz CT molecular complexity index is 441. The zero-order valence-electron chi connectivity index (χ0n) is 13.7. The molecule has 6 heteroatoms. The third-order valence-electron chi connectivity index (χ3n) is 3.89. The van der Waals surface area contributed by atoms with Crippen LogP contribution >= 0.6 is 35.3 Å². The maximum Gasteiger partial charge on any atom is 0.191 e. The van der Waals surface area contributed by atoms with E-state index in [-0.39, 0.29) is 24.0 Å². The number of halogens is 1. The summed E-state index contributed by atoms with van der Waals surface area (Å²) >= 11 is 1.88. The van der Waals surface area contributed by atoms with Crippen molar-refractivity contribution in [3.8, 4) is 0 Å². The third-order valence-corrected chi connectivity index (χ3v) is 5.12. The van der Waals surface area contributed by atoms with Gasteiger partial charge < -0.3 is 15.5 Å². The predicted octanol–water partition coefficient (Wildman–Crippen LogP) is 3.08. The van der Waals surface area contributed by atoms with Crippen LogP contribution in [0.15, 0.2) is 17.1 Å². The number of guanidine groups is 1. The first-order valence-corrected chi connectivity index (χ1v) is 8.88. The van der Waals surface area contributed by atoms with Gasteiger partial charge in [0, 0.05) is 29.9 Å². The van der Waals surface area contributed by atoms with E-state index >= 15 is 0 Å². The lowest BCUT2D eigenvalue weighted by Crippen LogP contribution is -2.42. The quantitative estimate of drug-likeness (QED) is 0.409. The van der Waals surface area contributed by atoms with Crippen molar-refractivity contribution in [2.45, 2.75) is 39.2 Å². The Labute approximate surface area is 155 Å². The highest BCUT2D eigenvalue weighted by Gasteiger charge is 2.09. The monoisotopic (exact) mass is 436 g/mol. The second-order valence-electron chi connectivity index (χ2n) is 5.48. The van der Waals surface area contributed by atoms with Gasteiger partial charge >= 0.3 is 0 Å². The number of likely N-dealkylation sites (tertiary alicyclic amines) is 1. The van der Waals surface area contributed by atoms with Crippen LogP contribution in [0.3, 0.4) is 0 Å². The molecule has 4 nitrogen and oxygen atoms in total. The van der Waals surface area contributed by atoms with Gasteiger partial charge in [0.05, 0.1) is 6.54 Å². The van der Waals surface area contributed by atoms with E-state index in [2.05, 4.69) is 39.6 Å². The molecule has 0 unspecified atom stereocenters. The molecule has 0 aliphatic carbocycles. The first-order valence-electron chi connectivity index (χ1n) is 8.06. The molecule has 0 bridgehead atoms. The maximum atomic E-state index is 4.29. The normalized spacial score (nSPS) is 16.2. The first-order chi connectivity index (χ1) is 10.3. The number of piperidine rings is 1. The number of nitrogens with zero attached hydrogens (tertiary/aromatic N) is 2. The number of aryl methyl sites for hydroxylation is 1. The lowest BCUT2D eigenvalue weighted by molar-refractivity contribution is 0.232. The average Bonchev–Trinajstić information content (AvgIpc) is 3.00. The Hall–Kier alpha value is -0.340. The zero-order chi connectivity index (χ0) is 14.9. The molecule has 0 aromatic carbocycles. The number of rotatable bonds is 6. The molecule has 0 atom stereocenters. The summed E-state index contributed by atoms with van der Waals surface area (Å²) in [6, 6.07) is 4.42. The fraction of sp³-hybridized carbons (Fsp3) is 0.688. The van der Waals surface area contributed by atoms with Crippen molar-refractivity contribution in [3.05, 3.63) is 21.9 Å². The fourth-order valence-electron chi connectivity index (χ4n) is 2.61. The van der Waals surface area contributed by atoms with Crippen molar-refractivity contribution in [1.82, 2.24) is 15.5 Å². The van der Waals surface area contributed by atoms with Gasteiger partial charge in [-0.15, -0.1) is 35.3 Å². The highest BCUT2D eigenvalue weighted by Crippen LogP contribution is 2.16. The topological polar surface area (TPSA) is 39.7 Å². The molecule has 0 spiro atoms. The summed E-state index contributed by atoms with van der Waals surface area (Å²) in [6.07, 6.45) is 5.22. The number of thiophene rings is 1. The Morgan fingerprint density at radius 1 is 1.18 bits per heavy atom. The van der Waals surface area contributed by atoms with Crippen LogP contribution in [0.1, 0.15) is 35.9 Å². The van der Waals surface area contributed by atoms with E-state index in [4.69, 9.17) is 0 Å². The molecule has 2 N–H and O–H groups in total. The Kier molecular flexibility index (Phi) is 10.1. The summed E-state index contributed by atoms with van der Waals surface area (Å²) in [7, 11) is 1.84. The fourth-order valence-corrected chi connectivity index (χ4v) is 3.51. The summed E-state index contributed by atoms with van der Waals surface area (Å²) in [6.45, 7) is 7.63. The van der Waals surface area contributed by atoms with E-state index in [0.717, 1.165) is 32.0 Å². The van der Waals surface area contributed by atoms with Crippen molar-refractivity contribution >= 4 is 41.3 Å². The van der Waals surface area contributed by atoms with E-state index in [9.17, 15) is 0 Å². The molecular formula is C16H29IN4S. The van der Waals surface area contributed by atoms with Crippen LogP contribution in [0.2, 0.25) is 0 Å². The van der Waals surface area contributed by atoms with Crippen LogP contribution < -0.4 is 10.6 Å². The Balaban J connectivity index is 0.00000242. The molecular weight excluding hydrogens is 407 g/mol. The summed E-state index contributed by atoms with van der Waals surface area (Å²) < 4.78 is 0. The molecule has 1 aliphatic heterocycles. The molecule has 1 aromatic heterocycles. The second kappa shape index (κ2) is 11.2. The molecule has 2 rings (SSSR count). The van der Waals surface area contributed by atoms with Gasteiger partial charge in [-0.05, 0) is 44.5 Å². The molecule has 1 saturated heterocycles. The summed E-state index contributed by atoms with van der Waals surface area (Å²) in [5.41, 5.74) is 0. The first kappa shape index (κ1) is 19.7. The van der Waals surface area contributed by atoms with Crippen LogP contribution in [-0.4, -0.2) is 44.1 Å². The molecule has 0 saturated carbocycles. The third kappa shape index (κ3) is 6.83. The van der Waals surface area contributed by atoms with Crippen LogP contribution in [-0.2, 0) is 13.0 Å². The highest BCUT2D eigenvalue weighted by atomic mass is 127. The van der Waals surface area contributed by atoms with E-state index in [1.807, 2.05) is 18.4 Å². The standard InChI is InChI=1S/C16H28N4S.HI/c1-3-14-7-8-15(21-14)13-19-16(17-2)18-9-12-20-10-5-4-6-11-20;/h7-8H,3-6,9-13H2,1-2H3,(H2,17,18,19);1H. The minimum absolute atomic E-state index is 0. The minimum atomic E-state index is 0. The maximum absolute atomic E-state index is 4.29. The van der Waals surface area contributed by atoms with Crippen molar-refractivity contribution < 1.29 is 0 Å². The molecule has 0 radical (unpaired) electrons. The summed E-state index contributed by atoms with van der Waals surface area (Å²) in [5.74, 6) is 0.901. The molecule has 2 heterocycles. The number of aliphatic imine (C=N–C) groups is 1. The molecule has 22 heavy (non-hydrogen) atoms. The van der Waals surface area contributed by atoms with Gasteiger partial charge in [0.15, 0.2) is 5.96 Å². The van der Waals surface area contributed by atoms with Crippen molar-refractivity contribution in [2.24, 2.45) is 4.99 Å². The molecule has 0 amide bonds. The van der Waals surface area contributed by atoms with Crippen LogP contribution in [0, 0.1) is 0 Å². The Morgan fingerprint density at radius 2 is 1.91 bits per heavy atom. The summed E-state index contributed by atoms with van der Waals surface area (Å²) in [4.78, 5) is 9.64. The lowest BCUT2D eigenvalue weighted by atomic mass is 10.1. The zero-order valence-corrected chi connectivity index (χ0v) is 16.9. The SMILES string of the molecule is CCc1ccc(CNC(=NC)NCCN2CCCCC2)s1.I.